The van der Waals surface area contributed by atoms with Crippen molar-refractivity contribution >= 4 is 5.84 Å². The molecule has 0 amide bonds. The highest BCUT2D eigenvalue weighted by atomic mass is 16.3. The predicted molar refractivity (Wildman–Crippen MR) is 76.4 cm³/mol. The van der Waals surface area contributed by atoms with Crippen molar-refractivity contribution in [2.24, 2.45) is 4.99 Å². The SMILES string of the molecule is OC1(c2ccccn2)c2ccccc2C2=NCCCN21. The highest BCUT2D eigenvalue weighted by Crippen LogP contribution is 2.42. The van der Waals surface area contributed by atoms with Gasteiger partial charge in [-0.2, -0.15) is 0 Å². The lowest BCUT2D eigenvalue weighted by atomic mass is 9.97. The lowest BCUT2D eigenvalue weighted by molar-refractivity contribution is -0.0355. The van der Waals surface area contributed by atoms with Crippen LogP contribution in [0.1, 0.15) is 23.2 Å². The molecule has 1 aromatic carbocycles. The molecular formula is C16H15N3O. The van der Waals surface area contributed by atoms with Crippen LogP contribution < -0.4 is 0 Å². The number of rotatable bonds is 1. The van der Waals surface area contributed by atoms with Crippen LogP contribution in [0.5, 0.6) is 0 Å². The van der Waals surface area contributed by atoms with Crippen molar-refractivity contribution in [3.05, 3.63) is 65.5 Å². The zero-order valence-corrected chi connectivity index (χ0v) is 11.0. The summed E-state index contributed by atoms with van der Waals surface area (Å²) in [4.78, 5) is 11.0. The fourth-order valence-electron chi connectivity index (χ4n) is 3.12. The van der Waals surface area contributed by atoms with Gasteiger partial charge in [-0.05, 0) is 18.6 Å². The van der Waals surface area contributed by atoms with E-state index in [2.05, 4.69) is 9.98 Å². The molecule has 4 heteroatoms. The molecule has 3 heterocycles. The maximum atomic E-state index is 11.4. The Morgan fingerprint density at radius 2 is 1.95 bits per heavy atom. The Kier molecular flexibility index (Phi) is 2.41. The number of hydrogen-bond acceptors (Lipinski definition) is 4. The number of fused-ring (bicyclic) bond motifs is 3. The number of pyridine rings is 1. The van der Waals surface area contributed by atoms with Crippen LogP contribution in [0.3, 0.4) is 0 Å². The molecule has 100 valence electrons. The lowest BCUT2D eigenvalue weighted by Crippen LogP contribution is -2.47. The normalized spacial score (nSPS) is 24.1. The van der Waals surface area contributed by atoms with Gasteiger partial charge in [0.15, 0.2) is 0 Å². The molecule has 4 rings (SSSR count). The zero-order chi connectivity index (χ0) is 13.6. The van der Waals surface area contributed by atoms with Gasteiger partial charge >= 0.3 is 0 Å². The van der Waals surface area contributed by atoms with Crippen molar-refractivity contribution in [2.45, 2.75) is 12.1 Å². The van der Waals surface area contributed by atoms with Crippen LogP contribution in [0, 0.1) is 0 Å². The van der Waals surface area contributed by atoms with Crippen LogP contribution in [0.15, 0.2) is 53.7 Å². The first-order valence-corrected chi connectivity index (χ1v) is 6.87. The molecule has 0 saturated heterocycles. The first kappa shape index (κ1) is 11.6. The largest absolute Gasteiger partial charge is 0.362 e. The van der Waals surface area contributed by atoms with Gasteiger partial charge in [-0.3, -0.25) is 9.98 Å². The standard InChI is InChI=1S/C16H15N3O/c20-16(14-8-3-4-9-17-14)13-7-2-1-6-12(13)15-18-10-5-11-19(15)16/h1-4,6-9,20H,5,10-11H2. The Bertz CT molecular complexity index is 683. The van der Waals surface area contributed by atoms with Crippen LogP contribution in [0.25, 0.3) is 0 Å². The van der Waals surface area contributed by atoms with Crippen LogP contribution in [-0.4, -0.2) is 33.9 Å². The van der Waals surface area contributed by atoms with E-state index in [4.69, 9.17) is 0 Å². The molecule has 0 spiro atoms. The average molecular weight is 265 g/mol. The summed E-state index contributed by atoms with van der Waals surface area (Å²) in [5.41, 5.74) is 1.34. The molecule has 4 nitrogen and oxygen atoms in total. The monoisotopic (exact) mass is 265 g/mol. The van der Waals surface area contributed by atoms with Crippen LogP contribution in [0.4, 0.5) is 0 Å². The van der Waals surface area contributed by atoms with Gasteiger partial charge in [0.2, 0.25) is 5.72 Å². The summed E-state index contributed by atoms with van der Waals surface area (Å²) >= 11 is 0. The van der Waals surface area contributed by atoms with Gasteiger partial charge in [-0.1, -0.05) is 30.3 Å². The third kappa shape index (κ3) is 1.40. The zero-order valence-electron chi connectivity index (χ0n) is 11.0. The topological polar surface area (TPSA) is 48.7 Å². The van der Waals surface area contributed by atoms with Crippen LogP contribution >= 0.6 is 0 Å². The number of benzene rings is 1. The van der Waals surface area contributed by atoms with E-state index in [0.29, 0.717) is 5.69 Å². The van der Waals surface area contributed by atoms with E-state index in [1.54, 1.807) is 6.20 Å². The maximum Gasteiger partial charge on any atom is 0.210 e. The van der Waals surface area contributed by atoms with E-state index < -0.39 is 5.72 Å². The Balaban J connectivity index is 1.99. The van der Waals surface area contributed by atoms with Crippen molar-refractivity contribution in [3.8, 4) is 0 Å². The average Bonchev–Trinajstić information content (AvgIpc) is 2.80. The summed E-state index contributed by atoms with van der Waals surface area (Å²) in [5.74, 6) is 0.889. The van der Waals surface area contributed by atoms with E-state index in [0.717, 1.165) is 36.5 Å². The quantitative estimate of drug-likeness (QED) is 0.854. The summed E-state index contributed by atoms with van der Waals surface area (Å²) in [5, 5.41) is 11.4. The second kappa shape index (κ2) is 4.15. The van der Waals surface area contributed by atoms with E-state index in [9.17, 15) is 5.11 Å². The molecule has 1 aromatic heterocycles. The molecule has 20 heavy (non-hydrogen) atoms. The fourth-order valence-corrected chi connectivity index (χ4v) is 3.12. The van der Waals surface area contributed by atoms with Gasteiger partial charge in [0.1, 0.15) is 5.84 Å². The van der Waals surface area contributed by atoms with E-state index >= 15 is 0 Å². The van der Waals surface area contributed by atoms with Gasteiger partial charge in [-0.25, -0.2) is 0 Å². The molecule has 1 atom stereocenters. The molecule has 0 bridgehead atoms. The number of hydrogen-bond donors (Lipinski definition) is 1. The molecule has 1 N–H and O–H groups in total. The summed E-state index contributed by atoms with van der Waals surface area (Å²) in [7, 11) is 0. The lowest BCUT2D eigenvalue weighted by Gasteiger charge is -2.36. The summed E-state index contributed by atoms with van der Waals surface area (Å²) in [6.45, 7) is 1.61. The molecule has 0 saturated carbocycles. The van der Waals surface area contributed by atoms with Crippen LogP contribution in [0.2, 0.25) is 0 Å². The van der Waals surface area contributed by atoms with Gasteiger partial charge in [0, 0.05) is 30.4 Å². The molecule has 2 aliphatic heterocycles. The number of aliphatic imine (C=N–C) groups is 1. The van der Waals surface area contributed by atoms with Gasteiger partial charge < -0.3 is 10.0 Å². The highest BCUT2D eigenvalue weighted by Gasteiger charge is 2.49. The van der Waals surface area contributed by atoms with Crippen molar-refractivity contribution in [3.63, 3.8) is 0 Å². The molecular weight excluding hydrogens is 250 g/mol. The molecule has 2 aromatic rings. The second-order valence-electron chi connectivity index (χ2n) is 5.14. The number of amidine groups is 1. The summed E-state index contributed by atoms with van der Waals surface area (Å²) in [6, 6.07) is 13.6. The van der Waals surface area contributed by atoms with Crippen LogP contribution in [-0.2, 0) is 5.72 Å². The first-order valence-electron chi connectivity index (χ1n) is 6.87. The van der Waals surface area contributed by atoms with E-state index in [1.807, 2.05) is 47.4 Å². The Labute approximate surface area is 117 Å². The number of aromatic nitrogens is 1. The third-order valence-corrected chi connectivity index (χ3v) is 4.01. The number of aliphatic hydroxyl groups is 1. The smallest absolute Gasteiger partial charge is 0.210 e. The van der Waals surface area contributed by atoms with Gasteiger partial charge in [-0.15, -0.1) is 0 Å². The maximum absolute atomic E-state index is 11.4. The second-order valence-corrected chi connectivity index (χ2v) is 5.14. The molecule has 0 fully saturated rings. The van der Waals surface area contributed by atoms with Crippen molar-refractivity contribution in [1.29, 1.82) is 0 Å². The molecule has 1 unspecified atom stereocenters. The predicted octanol–water partition coefficient (Wildman–Crippen LogP) is 1.74. The molecule has 2 aliphatic rings. The molecule has 0 aliphatic carbocycles. The summed E-state index contributed by atoms with van der Waals surface area (Å²) in [6.07, 6.45) is 2.67. The van der Waals surface area contributed by atoms with Gasteiger partial charge in [0.25, 0.3) is 0 Å². The first-order chi connectivity index (χ1) is 9.82. The number of nitrogens with zero attached hydrogens (tertiary/aromatic N) is 3. The van der Waals surface area contributed by atoms with Gasteiger partial charge in [0.05, 0.1) is 5.69 Å². The summed E-state index contributed by atoms with van der Waals surface area (Å²) < 4.78 is 0. The van der Waals surface area contributed by atoms with E-state index in [-0.39, 0.29) is 0 Å². The Hall–Kier alpha value is -2.20. The van der Waals surface area contributed by atoms with Crippen molar-refractivity contribution in [1.82, 2.24) is 9.88 Å². The Morgan fingerprint density at radius 3 is 2.80 bits per heavy atom. The molecule has 0 radical (unpaired) electrons. The highest BCUT2D eigenvalue weighted by molar-refractivity contribution is 6.04. The van der Waals surface area contributed by atoms with Crippen molar-refractivity contribution in [2.75, 3.05) is 13.1 Å². The van der Waals surface area contributed by atoms with Crippen molar-refractivity contribution < 1.29 is 5.11 Å². The minimum Gasteiger partial charge on any atom is -0.362 e. The Morgan fingerprint density at radius 1 is 1.10 bits per heavy atom. The minimum absolute atomic E-state index is 0.652. The van der Waals surface area contributed by atoms with E-state index in [1.165, 1.54) is 0 Å². The third-order valence-electron chi connectivity index (χ3n) is 4.01. The minimum atomic E-state index is -1.20. The fraction of sp³-hybridized carbons (Fsp3) is 0.250.